The van der Waals surface area contributed by atoms with Crippen molar-refractivity contribution in [2.24, 2.45) is 5.92 Å². The van der Waals surface area contributed by atoms with Crippen LogP contribution in [0.15, 0.2) is 33.9 Å². The molecule has 9 heteroatoms. The lowest BCUT2D eigenvalue weighted by molar-refractivity contribution is -0.117. The third-order valence-electron chi connectivity index (χ3n) is 4.16. The number of aromatic nitrogens is 3. The molecule has 0 saturated heterocycles. The highest BCUT2D eigenvalue weighted by Crippen LogP contribution is 2.27. The summed E-state index contributed by atoms with van der Waals surface area (Å²) in [6.07, 6.45) is 6.00. The van der Waals surface area contributed by atoms with Crippen molar-refractivity contribution < 1.29 is 9.59 Å². The van der Waals surface area contributed by atoms with Crippen LogP contribution < -0.4 is 10.6 Å². The third kappa shape index (κ3) is 5.84. The Morgan fingerprint density at radius 3 is 2.69 bits per heavy atom. The lowest BCUT2D eigenvalue weighted by Gasteiger charge is -2.06. The maximum atomic E-state index is 11.9. The van der Waals surface area contributed by atoms with Gasteiger partial charge in [-0.2, -0.15) is 0 Å². The summed E-state index contributed by atoms with van der Waals surface area (Å²) >= 11 is 4.53. The molecule has 1 aliphatic rings. The lowest BCUT2D eigenvalue weighted by atomic mass is 10.0. The third-order valence-corrected chi connectivity index (χ3v) is 5.53. The van der Waals surface area contributed by atoms with Crippen LogP contribution in [0.2, 0.25) is 0 Å². The van der Waals surface area contributed by atoms with E-state index in [1.54, 1.807) is 24.3 Å². The van der Waals surface area contributed by atoms with Gasteiger partial charge in [-0.25, -0.2) is 9.78 Å². The van der Waals surface area contributed by atoms with E-state index in [1.165, 1.54) is 37.4 Å². The van der Waals surface area contributed by atoms with Crippen LogP contribution in [0.25, 0.3) is 0 Å². The molecule has 1 fully saturated rings. The van der Waals surface area contributed by atoms with Crippen LogP contribution in [0.5, 0.6) is 0 Å². The minimum absolute atomic E-state index is 0.0779. The van der Waals surface area contributed by atoms with Gasteiger partial charge in [0.25, 0.3) is 0 Å². The Balaban J connectivity index is 1.40. The summed E-state index contributed by atoms with van der Waals surface area (Å²) in [6, 6.07) is 6.53. The van der Waals surface area contributed by atoms with E-state index in [-0.39, 0.29) is 5.75 Å². The summed E-state index contributed by atoms with van der Waals surface area (Å²) in [5.74, 6) is 1.24. The molecular formula is C17H20BrN5O2S. The van der Waals surface area contributed by atoms with Crippen molar-refractivity contribution in [2.45, 2.75) is 37.3 Å². The van der Waals surface area contributed by atoms with Gasteiger partial charge in [0.2, 0.25) is 11.1 Å². The fourth-order valence-electron chi connectivity index (χ4n) is 2.91. The smallest absolute Gasteiger partial charge is 0.308 e. The number of aromatic amines is 1. The van der Waals surface area contributed by atoms with Gasteiger partial charge >= 0.3 is 6.03 Å². The van der Waals surface area contributed by atoms with Crippen LogP contribution in [0, 0.1) is 5.92 Å². The first kappa shape index (κ1) is 18.9. The first-order valence-corrected chi connectivity index (χ1v) is 10.3. The average Bonchev–Trinajstić information content (AvgIpc) is 3.27. The number of carbonyl (C=O) groups excluding carboxylic acids is 2. The van der Waals surface area contributed by atoms with Crippen LogP contribution in [-0.2, 0) is 11.2 Å². The van der Waals surface area contributed by atoms with Crippen LogP contribution in [-0.4, -0.2) is 32.9 Å². The summed E-state index contributed by atoms with van der Waals surface area (Å²) in [5.41, 5.74) is 0.608. The number of rotatable bonds is 6. The highest BCUT2D eigenvalue weighted by molar-refractivity contribution is 9.10. The molecule has 2 aromatic rings. The number of benzene rings is 1. The Labute approximate surface area is 164 Å². The van der Waals surface area contributed by atoms with Gasteiger partial charge in [-0.3, -0.25) is 15.2 Å². The van der Waals surface area contributed by atoms with Gasteiger partial charge in [-0.15, -0.1) is 5.10 Å². The number of carbonyl (C=O) groups is 2. The highest BCUT2D eigenvalue weighted by Gasteiger charge is 2.18. The Morgan fingerprint density at radius 2 is 1.96 bits per heavy atom. The number of thioether (sulfide) groups is 1. The molecule has 0 atom stereocenters. The maximum absolute atomic E-state index is 11.9. The summed E-state index contributed by atoms with van der Waals surface area (Å²) in [7, 11) is 0. The average molecular weight is 438 g/mol. The molecule has 3 amide bonds. The van der Waals surface area contributed by atoms with Crippen molar-refractivity contribution in [1.29, 1.82) is 0 Å². The molecule has 26 heavy (non-hydrogen) atoms. The SMILES string of the molecule is O=C(CSc1n[nH]c(CC2CCCC2)n1)NC(=O)Nc1ccc(Br)cc1. The van der Waals surface area contributed by atoms with E-state index in [2.05, 4.69) is 41.7 Å². The standard InChI is InChI=1S/C17H20BrN5O2S/c18-12-5-7-13(8-6-12)19-16(25)21-15(24)10-26-17-20-14(22-23-17)9-11-3-1-2-4-11/h5-8,11H,1-4,9-10H2,(H,20,22,23)(H2,19,21,24,25). The molecule has 1 aromatic heterocycles. The van der Waals surface area contributed by atoms with E-state index in [1.807, 2.05) is 0 Å². The molecule has 0 spiro atoms. The molecule has 3 rings (SSSR count). The first-order valence-electron chi connectivity index (χ1n) is 8.49. The van der Waals surface area contributed by atoms with Crippen molar-refractivity contribution in [3.8, 4) is 0 Å². The van der Waals surface area contributed by atoms with Crippen molar-refractivity contribution in [1.82, 2.24) is 20.5 Å². The normalized spacial score (nSPS) is 14.3. The molecule has 1 aliphatic carbocycles. The number of hydrogen-bond acceptors (Lipinski definition) is 5. The number of nitrogens with one attached hydrogen (secondary N) is 3. The minimum atomic E-state index is -0.560. The zero-order valence-electron chi connectivity index (χ0n) is 14.1. The largest absolute Gasteiger partial charge is 0.325 e. The molecule has 0 bridgehead atoms. The van der Waals surface area contributed by atoms with Gasteiger partial charge in [-0.1, -0.05) is 53.4 Å². The highest BCUT2D eigenvalue weighted by atomic mass is 79.9. The number of imide groups is 1. The van der Waals surface area contributed by atoms with E-state index in [9.17, 15) is 9.59 Å². The zero-order valence-corrected chi connectivity index (χ0v) is 16.5. The summed E-state index contributed by atoms with van der Waals surface area (Å²) in [4.78, 5) is 28.1. The summed E-state index contributed by atoms with van der Waals surface area (Å²) < 4.78 is 0.912. The molecule has 3 N–H and O–H groups in total. The van der Waals surface area contributed by atoms with Crippen LogP contribution in [0.3, 0.4) is 0 Å². The van der Waals surface area contributed by atoms with E-state index >= 15 is 0 Å². The minimum Gasteiger partial charge on any atom is -0.308 e. The Hall–Kier alpha value is -1.87. The topological polar surface area (TPSA) is 99.8 Å². The monoisotopic (exact) mass is 437 g/mol. The number of amides is 3. The van der Waals surface area contributed by atoms with Crippen LogP contribution in [0.1, 0.15) is 31.5 Å². The molecule has 1 saturated carbocycles. The van der Waals surface area contributed by atoms with Gasteiger partial charge in [0.05, 0.1) is 5.75 Å². The molecule has 138 valence electrons. The molecule has 1 aromatic carbocycles. The molecule has 7 nitrogen and oxygen atoms in total. The number of nitrogens with zero attached hydrogens (tertiary/aromatic N) is 2. The van der Waals surface area contributed by atoms with Crippen LogP contribution >= 0.6 is 27.7 Å². The maximum Gasteiger partial charge on any atom is 0.325 e. The zero-order chi connectivity index (χ0) is 18.4. The van der Waals surface area contributed by atoms with Crippen molar-refractivity contribution in [2.75, 3.05) is 11.1 Å². The van der Waals surface area contributed by atoms with Gasteiger partial charge in [0.15, 0.2) is 0 Å². The van der Waals surface area contributed by atoms with Crippen LogP contribution in [0.4, 0.5) is 10.5 Å². The van der Waals surface area contributed by atoms with E-state index in [0.29, 0.717) is 16.8 Å². The van der Waals surface area contributed by atoms with E-state index in [4.69, 9.17) is 0 Å². The lowest BCUT2D eigenvalue weighted by Crippen LogP contribution is -2.35. The van der Waals surface area contributed by atoms with E-state index < -0.39 is 11.9 Å². The summed E-state index contributed by atoms with van der Waals surface area (Å²) in [6.45, 7) is 0. The Morgan fingerprint density at radius 1 is 1.23 bits per heavy atom. The van der Waals surface area contributed by atoms with E-state index in [0.717, 1.165) is 16.7 Å². The second-order valence-electron chi connectivity index (χ2n) is 6.22. The second-order valence-corrected chi connectivity index (χ2v) is 8.08. The molecule has 0 unspecified atom stereocenters. The fraction of sp³-hybridized carbons (Fsp3) is 0.412. The Bertz CT molecular complexity index is 759. The summed E-state index contributed by atoms with van der Waals surface area (Å²) in [5, 5.41) is 12.5. The van der Waals surface area contributed by atoms with Crippen molar-refractivity contribution in [3.63, 3.8) is 0 Å². The number of halogens is 1. The molecular weight excluding hydrogens is 418 g/mol. The predicted molar refractivity (Wildman–Crippen MR) is 104 cm³/mol. The number of urea groups is 1. The first-order chi connectivity index (χ1) is 12.6. The second kappa shape index (κ2) is 9.18. The quantitative estimate of drug-likeness (QED) is 0.597. The van der Waals surface area contributed by atoms with Gasteiger partial charge in [0.1, 0.15) is 5.82 Å². The Kier molecular flexibility index (Phi) is 6.67. The molecule has 0 aliphatic heterocycles. The van der Waals surface area contributed by atoms with Crippen molar-refractivity contribution in [3.05, 3.63) is 34.6 Å². The number of H-pyrrole nitrogens is 1. The van der Waals surface area contributed by atoms with Gasteiger partial charge in [-0.05, 0) is 30.2 Å². The fourth-order valence-corrected chi connectivity index (χ4v) is 3.79. The molecule has 1 heterocycles. The van der Waals surface area contributed by atoms with Gasteiger partial charge < -0.3 is 5.32 Å². The number of hydrogen-bond donors (Lipinski definition) is 3. The number of anilines is 1. The van der Waals surface area contributed by atoms with Crippen molar-refractivity contribution >= 4 is 45.3 Å². The molecule has 0 radical (unpaired) electrons. The van der Waals surface area contributed by atoms with Gasteiger partial charge in [0, 0.05) is 16.6 Å². The predicted octanol–water partition coefficient (Wildman–Crippen LogP) is 3.74.